The summed E-state index contributed by atoms with van der Waals surface area (Å²) in [6, 6.07) is 7.67. The molecule has 2 rings (SSSR count). The number of nitrogens with zero attached hydrogens (tertiary/aromatic N) is 2. The number of hydrogen-bond acceptors (Lipinski definition) is 3. The molecule has 0 aromatic heterocycles. The Morgan fingerprint density at radius 2 is 1.89 bits per heavy atom. The Morgan fingerprint density at radius 3 is 2.46 bits per heavy atom. The Bertz CT molecular complexity index is 640. The number of carbonyl (C=O) groups is 1. The summed E-state index contributed by atoms with van der Waals surface area (Å²) in [6.45, 7) is 10.9. The molecule has 28 heavy (non-hydrogen) atoms. The van der Waals surface area contributed by atoms with Crippen molar-refractivity contribution >= 4 is 23.5 Å². The van der Waals surface area contributed by atoms with Gasteiger partial charge in [-0.05, 0) is 51.0 Å². The Labute approximate surface area is 173 Å². The number of amides is 1. The van der Waals surface area contributed by atoms with Crippen molar-refractivity contribution in [3.8, 4) is 5.75 Å². The molecule has 1 aromatic rings. The third-order valence-corrected chi connectivity index (χ3v) is 4.89. The Kier molecular flexibility index (Phi) is 8.90. The van der Waals surface area contributed by atoms with Crippen LogP contribution in [-0.4, -0.2) is 55.1 Å². The minimum absolute atomic E-state index is 0.0536. The summed E-state index contributed by atoms with van der Waals surface area (Å²) < 4.78 is 5.89. The van der Waals surface area contributed by atoms with Crippen LogP contribution in [0.25, 0.3) is 0 Å². The highest BCUT2D eigenvalue weighted by molar-refractivity contribution is 6.30. The normalized spacial score (nSPS) is 16.8. The Hall–Kier alpha value is -1.95. The number of guanidine groups is 1. The predicted octanol–water partition coefficient (Wildman–Crippen LogP) is 3.31. The quantitative estimate of drug-likeness (QED) is 0.536. The molecule has 1 aliphatic rings. The number of carbonyl (C=O) groups excluding carboxylic acids is 1. The fraction of sp³-hybridized carbons (Fsp3) is 0.619. The second-order valence-corrected chi connectivity index (χ2v) is 7.94. The number of likely N-dealkylation sites (tertiary alicyclic amines) is 1. The van der Waals surface area contributed by atoms with E-state index in [1.807, 2.05) is 49.9 Å². The minimum Gasteiger partial charge on any atom is -0.489 e. The summed E-state index contributed by atoms with van der Waals surface area (Å²) >= 11 is 5.90. The largest absolute Gasteiger partial charge is 0.489 e. The van der Waals surface area contributed by atoms with Gasteiger partial charge in [-0.2, -0.15) is 0 Å². The molecule has 2 N–H and O–H groups in total. The van der Waals surface area contributed by atoms with E-state index >= 15 is 0 Å². The lowest BCUT2D eigenvalue weighted by molar-refractivity contribution is -0.135. The van der Waals surface area contributed by atoms with E-state index in [4.69, 9.17) is 16.3 Å². The van der Waals surface area contributed by atoms with Gasteiger partial charge < -0.3 is 20.3 Å². The monoisotopic (exact) mass is 408 g/mol. The molecule has 6 nitrogen and oxygen atoms in total. The van der Waals surface area contributed by atoms with Crippen LogP contribution >= 0.6 is 11.6 Å². The van der Waals surface area contributed by atoms with E-state index in [0.29, 0.717) is 17.6 Å². The smallest absolute Gasteiger partial charge is 0.225 e. The molecular weight excluding hydrogens is 376 g/mol. The van der Waals surface area contributed by atoms with E-state index in [1.54, 1.807) is 0 Å². The molecule has 1 heterocycles. The first kappa shape index (κ1) is 22.3. The first-order valence-electron chi connectivity index (χ1n) is 10.1. The standard InChI is InChI=1S/C21H33ClN4O2/c1-5-23-21(24-14-16(4)28-19-8-6-17(22)7-9-19)25-18-10-12-26(13-11-18)20(27)15(2)3/h6-9,15-16,18H,5,10-14H2,1-4H3,(H2,23,24,25). The molecule has 7 heteroatoms. The average Bonchev–Trinajstić information content (AvgIpc) is 2.68. The van der Waals surface area contributed by atoms with Gasteiger partial charge in [0.25, 0.3) is 0 Å². The molecule has 1 aromatic carbocycles. The SMILES string of the molecule is CCNC(=NCC(C)Oc1ccc(Cl)cc1)NC1CCN(C(=O)C(C)C)CC1. The first-order chi connectivity index (χ1) is 13.4. The summed E-state index contributed by atoms with van der Waals surface area (Å²) in [4.78, 5) is 18.8. The van der Waals surface area contributed by atoms with Crippen molar-refractivity contribution in [1.82, 2.24) is 15.5 Å². The highest BCUT2D eigenvalue weighted by Crippen LogP contribution is 2.17. The minimum atomic E-state index is -0.0536. The van der Waals surface area contributed by atoms with Gasteiger partial charge in [0.2, 0.25) is 5.91 Å². The average molecular weight is 409 g/mol. The van der Waals surface area contributed by atoms with Crippen LogP contribution in [0.4, 0.5) is 0 Å². The van der Waals surface area contributed by atoms with Crippen molar-refractivity contribution < 1.29 is 9.53 Å². The van der Waals surface area contributed by atoms with Gasteiger partial charge in [-0.25, -0.2) is 4.99 Å². The lowest BCUT2D eigenvalue weighted by Crippen LogP contribution is -2.50. The predicted molar refractivity (Wildman–Crippen MR) is 115 cm³/mol. The molecule has 0 aliphatic carbocycles. The lowest BCUT2D eigenvalue weighted by atomic mass is 10.0. The molecule has 1 amide bonds. The van der Waals surface area contributed by atoms with Crippen LogP contribution < -0.4 is 15.4 Å². The zero-order valence-corrected chi connectivity index (χ0v) is 18.1. The van der Waals surface area contributed by atoms with Gasteiger partial charge in [0.05, 0.1) is 6.54 Å². The number of aliphatic imine (C=N–C) groups is 1. The molecule has 1 atom stereocenters. The van der Waals surface area contributed by atoms with Crippen LogP contribution in [0.2, 0.25) is 5.02 Å². The molecule has 1 saturated heterocycles. The Balaban J connectivity index is 1.83. The maximum absolute atomic E-state index is 12.1. The molecule has 0 spiro atoms. The number of halogens is 1. The summed E-state index contributed by atoms with van der Waals surface area (Å²) in [6.07, 6.45) is 1.81. The van der Waals surface area contributed by atoms with E-state index in [2.05, 4.69) is 22.5 Å². The van der Waals surface area contributed by atoms with Crippen molar-refractivity contribution in [3.05, 3.63) is 29.3 Å². The van der Waals surface area contributed by atoms with Gasteiger partial charge in [-0.3, -0.25) is 4.79 Å². The number of nitrogens with one attached hydrogen (secondary N) is 2. The van der Waals surface area contributed by atoms with Gasteiger partial charge in [-0.15, -0.1) is 0 Å². The third-order valence-electron chi connectivity index (χ3n) is 4.64. The van der Waals surface area contributed by atoms with Gasteiger partial charge in [0.15, 0.2) is 5.96 Å². The maximum Gasteiger partial charge on any atom is 0.225 e. The van der Waals surface area contributed by atoms with E-state index in [0.717, 1.165) is 44.2 Å². The van der Waals surface area contributed by atoms with Crippen molar-refractivity contribution in [1.29, 1.82) is 0 Å². The summed E-state index contributed by atoms with van der Waals surface area (Å²) in [7, 11) is 0. The molecule has 1 fully saturated rings. The van der Waals surface area contributed by atoms with Crippen molar-refractivity contribution in [2.75, 3.05) is 26.2 Å². The topological polar surface area (TPSA) is 66.0 Å². The molecule has 0 saturated carbocycles. The highest BCUT2D eigenvalue weighted by atomic mass is 35.5. The van der Waals surface area contributed by atoms with E-state index in [1.165, 1.54) is 0 Å². The van der Waals surface area contributed by atoms with Gasteiger partial charge >= 0.3 is 0 Å². The van der Waals surface area contributed by atoms with Crippen LogP contribution in [0, 0.1) is 5.92 Å². The molecule has 156 valence electrons. The molecule has 0 radical (unpaired) electrons. The van der Waals surface area contributed by atoms with Crippen LogP contribution in [0.3, 0.4) is 0 Å². The van der Waals surface area contributed by atoms with Crippen molar-refractivity contribution in [2.24, 2.45) is 10.9 Å². The Morgan fingerprint density at radius 1 is 1.25 bits per heavy atom. The number of rotatable bonds is 7. The molecule has 1 unspecified atom stereocenters. The van der Waals surface area contributed by atoms with Crippen molar-refractivity contribution in [3.63, 3.8) is 0 Å². The maximum atomic E-state index is 12.1. The van der Waals surface area contributed by atoms with Gasteiger partial charge in [0.1, 0.15) is 11.9 Å². The van der Waals surface area contributed by atoms with Gasteiger partial charge in [0, 0.05) is 36.6 Å². The number of benzene rings is 1. The summed E-state index contributed by atoms with van der Waals surface area (Å²) in [5, 5.41) is 7.49. The van der Waals surface area contributed by atoms with Crippen molar-refractivity contribution in [2.45, 2.75) is 52.7 Å². The number of hydrogen-bond donors (Lipinski definition) is 2. The fourth-order valence-corrected chi connectivity index (χ4v) is 3.25. The molecule has 0 bridgehead atoms. The van der Waals surface area contributed by atoms with E-state index < -0.39 is 0 Å². The summed E-state index contributed by atoms with van der Waals surface area (Å²) in [5.41, 5.74) is 0. The summed E-state index contributed by atoms with van der Waals surface area (Å²) in [5.74, 6) is 1.88. The number of piperidine rings is 1. The number of ether oxygens (including phenoxy) is 1. The zero-order valence-electron chi connectivity index (χ0n) is 17.4. The zero-order chi connectivity index (χ0) is 20.5. The van der Waals surface area contributed by atoms with Crippen LogP contribution in [-0.2, 0) is 4.79 Å². The van der Waals surface area contributed by atoms with Crippen LogP contribution in [0.15, 0.2) is 29.3 Å². The van der Waals surface area contributed by atoms with Gasteiger partial charge in [-0.1, -0.05) is 25.4 Å². The van der Waals surface area contributed by atoms with E-state index in [9.17, 15) is 4.79 Å². The first-order valence-corrected chi connectivity index (χ1v) is 10.5. The van der Waals surface area contributed by atoms with Crippen LogP contribution in [0.5, 0.6) is 5.75 Å². The highest BCUT2D eigenvalue weighted by Gasteiger charge is 2.24. The third kappa shape index (κ3) is 7.23. The van der Waals surface area contributed by atoms with Crippen LogP contribution in [0.1, 0.15) is 40.5 Å². The molecule has 1 aliphatic heterocycles. The second kappa shape index (κ2) is 11.1. The molecular formula is C21H33ClN4O2. The fourth-order valence-electron chi connectivity index (χ4n) is 3.13. The lowest BCUT2D eigenvalue weighted by Gasteiger charge is -2.34. The second-order valence-electron chi connectivity index (χ2n) is 7.50. The van der Waals surface area contributed by atoms with E-state index in [-0.39, 0.29) is 17.9 Å².